The Labute approximate surface area is 120 Å². The van der Waals surface area contributed by atoms with Crippen LogP contribution in [0.1, 0.15) is 39.5 Å². The maximum absolute atomic E-state index is 5.81. The number of hydrogen-bond acceptors (Lipinski definition) is 4. The van der Waals surface area contributed by atoms with E-state index in [4.69, 9.17) is 4.74 Å². The monoisotopic (exact) mass is 280 g/mol. The zero-order valence-electron chi connectivity index (χ0n) is 12.1. The molecule has 106 valence electrons. The Hall–Kier alpha value is -0.900. The lowest BCUT2D eigenvalue weighted by molar-refractivity contribution is 0.242. The summed E-state index contributed by atoms with van der Waals surface area (Å²) >= 11 is 1.98. The molecule has 1 aliphatic rings. The molecule has 0 amide bonds. The summed E-state index contributed by atoms with van der Waals surface area (Å²) in [6.45, 7) is 4.09. The van der Waals surface area contributed by atoms with Crippen molar-refractivity contribution in [1.82, 2.24) is 4.98 Å². The Morgan fingerprint density at radius 3 is 3.00 bits per heavy atom. The molecule has 2 unspecified atom stereocenters. The van der Waals surface area contributed by atoms with Crippen LogP contribution in [-0.4, -0.2) is 28.6 Å². The molecule has 1 aliphatic carbocycles. The first-order chi connectivity index (χ1) is 9.19. The van der Waals surface area contributed by atoms with Crippen LogP contribution in [0.5, 0.6) is 5.75 Å². The van der Waals surface area contributed by atoms with Gasteiger partial charge >= 0.3 is 0 Å². The lowest BCUT2D eigenvalue weighted by atomic mass is 9.95. The first-order valence-electron chi connectivity index (χ1n) is 7.10. The molecular formula is C15H24N2OS. The maximum Gasteiger partial charge on any atom is 0.168 e. The number of nitrogens with zero attached hydrogens (tertiary/aromatic N) is 1. The van der Waals surface area contributed by atoms with Crippen molar-refractivity contribution in [2.75, 3.05) is 11.6 Å². The van der Waals surface area contributed by atoms with Crippen molar-refractivity contribution in [3.63, 3.8) is 0 Å². The predicted octanol–water partition coefficient (Wildman–Crippen LogP) is 3.95. The van der Waals surface area contributed by atoms with Crippen LogP contribution in [0.3, 0.4) is 0 Å². The van der Waals surface area contributed by atoms with Gasteiger partial charge in [-0.2, -0.15) is 11.8 Å². The van der Waals surface area contributed by atoms with Gasteiger partial charge < -0.3 is 10.1 Å². The zero-order chi connectivity index (χ0) is 13.7. The van der Waals surface area contributed by atoms with E-state index in [2.05, 4.69) is 16.6 Å². The molecule has 0 bridgehead atoms. The minimum absolute atomic E-state index is 0.176. The fourth-order valence-electron chi connectivity index (χ4n) is 2.53. The van der Waals surface area contributed by atoms with E-state index in [1.54, 1.807) is 0 Å². The van der Waals surface area contributed by atoms with Crippen molar-refractivity contribution in [3.05, 3.63) is 18.3 Å². The highest BCUT2D eigenvalue weighted by atomic mass is 32.2. The molecule has 1 heterocycles. The zero-order valence-corrected chi connectivity index (χ0v) is 12.9. The number of hydrogen-bond donors (Lipinski definition) is 1. The number of nitrogens with one attached hydrogen (secondary N) is 1. The van der Waals surface area contributed by atoms with Crippen molar-refractivity contribution < 1.29 is 4.74 Å². The number of rotatable bonds is 5. The Kier molecular flexibility index (Phi) is 5.37. The van der Waals surface area contributed by atoms with Crippen molar-refractivity contribution in [2.45, 2.75) is 56.9 Å². The molecule has 1 saturated carbocycles. The number of aromatic nitrogens is 1. The minimum atomic E-state index is 0.176. The van der Waals surface area contributed by atoms with E-state index in [0.717, 1.165) is 16.8 Å². The topological polar surface area (TPSA) is 34.2 Å². The molecule has 1 aromatic heterocycles. The van der Waals surface area contributed by atoms with Crippen molar-refractivity contribution in [3.8, 4) is 5.75 Å². The molecular weight excluding hydrogens is 256 g/mol. The van der Waals surface area contributed by atoms with Crippen molar-refractivity contribution >= 4 is 17.6 Å². The van der Waals surface area contributed by atoms with Gasteiger partial charge in [-0.1, -0.05) is 6.42 Å². The normalized spacial score (nSPS) is 23.4. The molecule has 2 atom stereocenters. The van der Waals surface area contributed by atoms with Crippen LogP contribution in [0.15, 0.2) is 18.3 Å². The van der Waals surface area contributed by atoms with Gasteiger partial charge in [0.2, 0.25) is 0 Å². The number of pyridine rings is 1. The quantitative estimate of drug-likeness (QED) is 0.885. The van der Waals surface area contributed by atoms with Gasteiger partial charge in [-0.3, -0.25) is 0 Å². The van der Waals surface area contributed by atoms with Gasteiger partial charge in [-0.15, -0.1) is 0 Å². The summed E-state index contributed by atoms with van der Waals surface area (Å²) in [6.07, 6.45) is 9.31. The summed E-state index contributed by atoms with van der Waals surface area (Å²) in [6, 6.07) is 4.44. The first kappa shape index (κ1) is 14.5. The second-order valence-electron chi connectivity index (χ2n) is 5.38. The molecule has 1 aromatic rings. The Balaban J connectivity index is 2.01. The highest BCUT2D eigenvalue weighted by Gasteiger charge is 2.22. The molecule has 0 spiro atoms. The first-order valence-corrected chi connectivity index (χ1v) is 8.39. The van der Waals surface area contributed by atoms with Crippen LogP contribution in [-0.2, 0) is 0 Å². The summed E-state index contributed by atoms with van der Waals surface area (Å²) in [4.78, 5) is 4.43. The van der Waals surface area contributed by atoms with Gasteiger partial charge in [-0.05, 0) is 51.5 Å². The summed E-state index contributed by atoms with van der Waals surface area (Å²) < 4.78 is 5.81. The molecule has 3 nitrogen and oxygen atoms in total. The molecule has 2 rings (SSSR count). The van der Waals surface area contributed by atoms with Crippen LogP contribution in [0.25, 0.3) is 0 Å². The summed E-state index contributed by atoms with van der Waals surface area (Å²) in [5, 5.41) is 4.35. The molecule has 1 fully saturated rings. The Bertz CT molecular complexity index is 397. The Morgan fingerprint density at radius 1 is 1.42 bits per heavy atom. The van der Waals surface area contributed by atoms with E-state index in [1.807, 2.05) is 43.9 Å². The average Bonchev–Trinajstić information content (AvgIpc) is 2.41. The third kappa shape index (κ3) is 4.30. The van der Waals surface area contributed by atoms with Crippen LogP contribution in [0, 0.1) is 0 Å². The number of ether oxygens (including phenoxy) is 1. The van der Waals surface area contributed by atoms with Crippen molar-refractivity contribution in [2.24, 2.45) is 0 Å². The fraction of sp³-hybridized carbons (Fsp3) is 0.667. The van der Waals surface area contributed by atoms with E-state index < -0.39 is 0 Å². The molecule has 0 aliphatic heterocycles. The van der Waals surface area contributed by atoms with E-state index in [0.29, 0.717) is 6.04 Å². The third-order valence-electron chi connectivity index (χ3n) is 3.43. The largest absolute Gasteiger partial charge is 0.487 e. The van der Waals surface area contributed by atoms with Gasteiger partial charge in [0.15, 0.2) is 11.6 Å². The van der Waals surface area contributed by atoms with Crippen LogP contribution in [0.4, 0.5) is 5.82 Å². The van der Waals surface area contributed by atoms with Crippen LogP contribution < -0.4 is 10.1 Å². The lowest BCUT2D eigenvalue weighted by Gasteiger charge is -2.29. The third-order valence-corrected chi connectivity index (χ3v) is 4.53. The smallest absolute Gasteiger partial charge is 0.168 e. The van der Waals surface area contributed by atoms with E-state index in [-0.39, 0.29) is 6.10 Å². The Morgan fingerprint density at radius 2 is 2.26 bits per heavy atom. The van der Waals surface area contributed by atoms with Gasteiger partial charge in [-0.25, -0.2) is 4.98 Å². The molecule has 0 aromatic carbocycles. The highest BCUT2D eigenvalue weighted by Crippen LogP contribution is 2.30. The lowest BCUT2D eigenvalue weighted by Crippen LogP contribution is -2.29. The van der Waals surface area contributed by atoms with Crippen LogP contribution in [0.2, 0.25) is 0 Å². The van der Waals surface area contributed by atoms with E-state index in [1.165, 1.54) is 25.7 Å². The van der Waals surface area contributed by atoms with Crippen molar-refractivity contribution in [1.29, 1.82) is 0 Å². The molecule has 4 heteroatoms. The SMILES string of the molecule is CSC1CCCC(Nc2ncccc2OC(C)C)C1. The number of thioether (sulfide) groups is 1. The molecule has 1 N–H and O–H groups in total. The maximum atomic E-state index is 5.81. The predicted molar refractivity (Wildman–Crippen MR) is 83.2 cm³/mol. The fourth-order valence-corrected chi connectivity index (χ4v) is 3.36. The number of anilines is 1. The standard InChI is InChI=1S/C15H24N2OS/c1-11(2)18-14-8-5-9-16-15(14)17-12-6-4-7-13(10-12)19-3/h5,8-9,11-13H,4,6-7,10H2,1-3H3,(H,16,17). The molecule has 19 heavy (non-hydrogen) atoms. The van der Waals surface area contributed by atoms with Gasteiger partial charge in [0.1, 0.15) is 0 Å². The summed E-state index contributed by atoms with van der Waals surface area (Å²) in [7, 11) is 0. The van der Waals surface area contributed by atoms with Gasteiger partial charge in [0.25, 0.3) is 0 Å². The van der Waals surface area contributed by atoms with Gasteiger partial charge in [0.05, 0.1) is 6.10 Å². The summed E-state index contributed by atoms with van der Waals surface area (Å²) in [5.41, 5.74) is 0. The average molecular weight is 280 g/mol. The van der Waals surface area contributed by atoms with Gasteiger partial charge in [0, 0.05) is 17.5 Å². The minimum Gasteiger partial charge on any atom is -0.487 e. The van der Waals surface area contributed by atoms with E-state index in [9.17, 15) is 0 Å². The second-order valence-corrected chi connectivity index (χ2v) is 6.52. The van der Waals surface area contributed by atoms with Crippen LogP contribution >= 0.6 is 11.8 Å². The summed E-state index contributed by atoms with van der Waals surface area (Å²) in [5.74, 6) is 1.76. The van der Waals surface area contributed by atoms with E-state index >= 15 is 0 Å². The molecule has 0 saturated heterocycles. The molecule has 0 radical (unpaired) electrons. The second kappa shape index (κ2) is 7.04. The highest BCUT2D eigenvalue weighted by molar-refractivity contribution is 7.99.